The molecule has 2 N–H and O–H groups in total. The van der Waals surface area contributed by atoms with Gasteiger partial charge in [0.1, 0.15) is 0 Å². The van der Waals surface area contributed by atoms with E-state index in [1.807, 2.05) is 0 Å². The largest absolute Gasteiger partial charge is 0.383 e. The molecule has 1 amide bonds. The summed E-state index contributed by atoms with van der Waals surface area (Å²) in [4.78, 5) is 21.8. The number of nitrogens with zero attached hydrogens (tertiary/aromatic N) is 3. The van der Waals surface area contributed by atoms with Crippen molar-refractivity contribution in [2.75, 3.05) is 18.4 Å². The molecule has 1 aromatic carbocycles. The minimum absolute atomic E-state index is 0.0467. The van der Waals surface area contributed by atoms with Crippen molar-refractivity contribution in [3.63, 3.8) is 0 Å². The fourth-order valence-corrected chi connectivity index (χ4v) is 1.72. The number of rotatable bonds is 6. The van der Waals surface area contributed by atoms with E-state index in [4.69, 9.17) is 0 Å². The van der Waals surface area contributed by atoms with Crippen molar-refractivity contribution in [1.29, 1.82) is 0 Å². The van der Waals surface area contributed by atoms with Crippen molar-refractivity contribution in [3.8, 4) is 0 Å². The summed E-state index contributed by atoms with van der Waals surface area (Å²) in [6, 6.07) is 6.11. The topological polar surface area (TPSA) is 102 Å². The summed E-state index contributed by atoms with van der Waals surface area (Å²) < 4.78 is 1.56. The molecule has 8 heteroatoms. The molecule has 0 fully saturated rings. The van der Waals surface area contributed by atoms with Gasteiger partial charge in [0.15, 0.2) is 0 Å². The Morgan fingerprint density at radius 2 is 2.05 bits per heavy atom. The number of aryl methyl sites for hydroxylation is 1. The Morgan fingerprint density at radius 1 is 1.33 bits per heavy atom. The number of anilines is 1. The number of carbonyl (C=O) groups is 1. The van der Waals surface area contributed by atoms with Crippen LogP contribution in [0.1, 0.15) is 10.4 Å². The number of carbonyl (C=O) groups excluding carboxylic acids is 1. The number of amides is 1. The molecule has 0 unspecified atom stereocenters. The number of non-ortho nitro benzene ring substituents is 1. The van der Waals surface area contributed by atoms with Crippen LogP contribution in [0.25, 0.3) is 0 Å². The molecule has 2 rings (SSSR count). The van der Waals surface area contributed by atoms with Crippen LogP contribution in [0.15, 0.2) is 36.7 Å². The van der Waals surface area contributed by atoms with E-state index in [2.05, 4.69) is 15.7 Å². The summed E-state index contributed by atoms with van der Waals surface area (Å²) in [5.41, 5.74) is 1.31. The summed E-state index contributed by atoms with van der Waals surface area (Å²) in [5, 5.41) is 20.2. The zero-order valence-corrected chi connectivity index (χ0v) is 11.4. The van der Waals surface area contributed by atoms with Gasteiger partial charge in [0, 0.05) is 44.2 Å². The van der Waals surface area contributed by atoms with Crippen molar-refractivity contribution < 1.29 is 9.72 Å². The lowest BCUT2D eigenvalue weighted by Gasteiger charge is -2.07. The van der Waals surface area contributed by atoms with Gasteiger partial charge in [-0.05, 0) is 12.1 Å². The molecule has 8 nitrogen and oxygen atoms in total. The lowest BCUT2D eigenvalue weighted by molar-refractivity contribution is -0.384. The molecule has 110 valence electrons. The van der Waals surface area contributed by atoms with Gasteiger partial charge in [-0.3, -0.25) is 19.6 Å². The minimum Gasteiger partial charge on any atom is -0.383 e. The second kappa shape index (κ2) is 6.51. The zero-order chi connectivity index (χ0) is 15.2. The normalized spacial score (nSPS) is 10.1. The number of aromatic nitrogens is 2. The number of benzene rings is 1. The second-order valence-electron chi connectivity index (χ2n) is 4.39. The Labute approximate surface area is 120 Å². The van der Waals surface area contributed by atoms with Crippen LogP contribution in [0.5, 0.6) is 0 Å². The summed E-state index contributed by atoms with van der Waals surface area (Å²) in [6.45, 7) is 0.953. The van der Waals surface area contributed by atoms with Crippen LogP contribution in [-0.4, -0.2) is 33.7 Å². The van der Waals surface area contributed by atoms with Crippen molar-refractivity contribution >= 4 is 17.3 Å². The monoisotopic (exact) mass is 289 g/mol. The Morgan fingerprint density at radius 3 is 2.62 bits per heavy atom. The number of nitro groups is 1. The first-order chi connectivity index (χ1) is 10.1. The molecule has 0 bridgehead atoms. The van der Waals surface area contributed by atoms with E-state index in [0.717, 1.165) is 5.69 Å². The molecular weight excluding hydrogens is 274 g/mol. The van der Waals surface area contributed by atoms with Gasteiger partial charge in [-0.1, -0.05) is 0 Å². The van der Waals surface area contributed by atoms with Crippen LogP contribution in [-0.2, 0) is 7.05 Å². The van der Waals surface area contributed by atoms with Gasteiger partial charge in [-0.2, -0.15) is 5.10 Å². The van der Waals surface area contributed by atoms with Gasteiger partial charge in [0.2, 0.25) is 0 Å². The van der Waals surface area contributed by atoms with Crippen LogP contribution in [0.2, 0.25) is 0 Å². The molecule has 0 radical (unpaired) electrons. The van der Waals surface area contributed by atoms with Crippen LogP contribution in [0.3, 0.4) is 0 Å². The zero-order valence-electron chi connectivity index (χ0n) is 11.4. The fourth-order valence-electron chi connectivity index (χ4n) is 1.72. The summed E-state index contributed by atoms with van der Waals surface area (Å²) in [5.74, 6) is -0.186. The predicted molar refractivity (Wildman–Crippen MR) is 77.1 cm³/mol. The molecule has 0 aliphatic carbocycles. The Hall–Kier alpha value is -2.90. The van der Waals surface area contributed by atoms with E-state index in [1.54, 1.807) is 30.1 Å². The first-order valence-corrected chi connectivity index (χ1v) is 6.31. The van der Waals surface area contributed by atoms with Crippen molar-refractivity contribution in [3.05, 3.63) is 52.3 Å². The van der Waals surface area contributed by atoms with Gasteiger partial charge in [-0.15, -0.1) is 0 Å². The predicted octanol–water partition coefficient (Wildman–Crippen LogP) is 1.17. The third kappa shape index (κ3) is 4.03. The third-order valence-corrected chi connectivity index (χ3v) is 2.78. The van der Waals surface area contributed by atoms with Crippen molar-refractivity contribution in [2.24, 2.45) is 7.05 Å². The Balaban J connectivity index is 1.74. The molecule has 0 aliphatic rings. The quantitative estimate of drug-likeness (QED) is 0.472. The first-order valence-electron chi connectivity index (χ1n) is 6.31. The molecule has 0 atom stereocenters. The summed E-state index contributed by atoms with van der Waals surface area (Å²) >= 11 is 0. The van der Waals surface area contributed by atoms with E-state index < -0.39 is 4.92 Å². The number of nitrogens with one attached hydrogen (secondary N) is 2. The van der Waals surface area contributed by atoms with Crippen LogP contribution >= 0.6 is 0 Å². The maximum atomic E-state index is 11.7. The number of nitro benzene ring substituents is 1. The number of hydrogen-bond acceptors (Lipinski definition) is 5. The molecule has 0 aliphatic heterocycles. The van der Waals surface area contributed by atoms with Gasteiger partial charge in [0.05, 0.1) is 16.7 Å². The van der Waals surface area contributed by atoms with E-state index in [9.17, 15) is 14.9 Å². The molecule has 0 spiro atoms. The standard InChI is InChI=1S/C13H15N5O3/c1-17-9-10(8-16-17)13(19)15-7-6-14-11-2-4-12(5-3-11)18(20)21/h2-5,8-9,14H,6-7H2,1H3,(H,15,19). The first kappa shape index (κ1) is 14.5. The van der Waals surface area contributed by atoms with E-state index >= 15 is 0 Å². The molecule has 0 saturated heterocycles. The maximum absolute atomic E-state index is 11.7. The fraction of sp³-hybridized carbons (Fsp3) is 0.231. The highest BCUT2D eigenvalue weighted by Crippen LogP contribution is 2.14. The molecule has 21 heavy (non-hydrogen) atoms. The second-order valence-corrected chi connectivity index (χ2v) is 4.39. The SMILES string of the molecule is Cn1cc(C(=O)NCCNc2ccc([N+](=O)[O-])cc2)cn1. The van der Waals surface area contributed by atoms with E-state index in [0.29, 0.717) is 18.7 Å². The van der Waals surface area contributed by atoms with Crippen LogP contribution in [0, 0.1) is 10.1 Å². The highest BCUT2D eigenvalue weighted by molar-refractivity contribution is 5.93. The highest BCUT2D eigenvalue weighted by atomic mass is 16.6. The summed E-state index contributed by atoms with van der Waals surface area (Å²) in [7, 11) is 1.74. The molecule has 1 aromatic heterocycles. The average Bonchev–Trinajstić information content (AvgIpc) is 2.90. The Bertz CT molecular complexity index is 636. The van der Waals surface area contributed by atoms with Gasteiger partial charge >= 0.3 is 0 Å². The van der Waals surface area contributed by atoms with E-state index in [-0.39, 0.29) is 11.6 Å². The van der Waals surface area contributed by atoms with Crippen LogP contribution < -0.4 is 10.6 Å². The average molecular weight is 289 g/mol. The minimum atomic E-state index is -0.447. The van der Waals surface area contributed by atoms with E-state index in [1.165, 1.54) is 18.3 Å². The Kier molecular flexibility index (Phi) is 4.50. The molecule has 0 saturated carbocycles. The third-order valence-electron chi connectivity index (χ3n) is 2.78. The van der Waals surface area contributed by atoms with Gasteiger partial charge in [0.25, 0.3) is 11.6 Å². The van der Waals surface area contributed by atoms with Gasteiger partial charge < -0.3 is 10.6 Å². The summed E-state index contributed by atoms with van der Waals surface area (Å²) in [6.07, 6.45) is 3.14. The van der Waals surface area contributed by atoms with Crippen molar-refractivity contribution in [1.82, 2.24) is 15.1 Å². The number of hydrogen-bond donors (Lipinski definition) is 2. The molecule has 1 heterocycles. The lowest BCUT2D eigenvalue weighted by Crippen LogP contribution is -2.28. The van der Waals surface area contributed by atoms with Crippen LogP contribution in [0.4, 0.5) is 11.4 Å². The molecule has 2 aromatic rings. The van der Waals surface area contributed by atoms with Gasteiger partial charge in [-0.25, -0.2) is 0 Å². The lowest BCUT2D eigenvalue weighted by atomic mass is 10.3. The smallest absolute Gasteiger partial charge is 0.269 e. The highest BCUT2D eigenvalue weighted by Gasteiger charge is 2.06. The van der Waals surface area contributed by atoms with Crippen molar-refractivity contribution in [2.45, 2.75) is 0 Å². The molecular formula is C13H15N5O3. The maximum Gasteiger partial charge on any atom is 0.269 e.